The molecule has 0 aromatic heterocycles. The Bertz CT molecular complexity index is 487. The number of nitrogens with zero attached hydrogens (tertiary/aromatic N) is 1. The van der Waals surface area contributed by atoms with Gasteiger partial charge in [-0.1, -0.05) is 0 Å². The first-order valence-electron chi connectivity index (χ1n) is 7.71. The van der Waals surface area contributed by atoms with Crippen LogP contribution in [0.4, 0.5) is 10.1 Å². The first-order chi connectivity index (χ1) is 10.2. The molecule has 2 fully saturated rings. The van der Waals surface area contributed by atoms with Gasteiger partial charge in [-0.2, -0.15) is 0 Å². The second kappa shape index (κ2) is 6.54. The van der Waals surface area contributed by atoms with E-state index in [0.717, 1.165) is 19.1 Å². The molecule has 1 saturated heterocycles. The van der Waals surface area contributed by atoms with E-state index < -0.39 is 0 Å². The Balaban J connectivity index is 1.33. The molecule has 1 heterocycles. The highest BCUT2D eigenvalue weighted by Gasteiger charge is 2.33. The maximum absolute atomic E-state index is 12.8. The molecule has 3 rings (SSSR count). The van der Waals surface area contributed by atoms with Crippen LogP contribution in [-0.2, 0) is 4.79 Å². The summed E-state index contributed by atoms with van der Waals surface area (Å²) < 4.78 is 12.8. The lowest BCUT2D eigenvalue weighted by Crippen LogP contribution is -2.33. The van der Waals surface area contributed by atoms with Crippen molar-refractivity contribution in [2.75, 3.05) is 31.5 Å². The smallest absolute Gasteiger partial charge is 0.238 e. The molecule has 1 aromatic carbocycles. The zero-order valence-electron chi connectivity index (χ0n) is 12.1. The van der Waals surface area contributed by atoms with Crippen molar-refractivity contribution >= 4 is 11.6 Å². The van der Waals surface area contributed by atoms with Gasteiger partial charge in [-0.3, -0.25) is 4.79 Å². The Morgan fingerprint density at radius 2 is 2.00 bits per heavy atom. The number of anilines is 1. The maximum Gasteiger partial charge on any atom is 0.238 e. The van der Waals surface area contributed by atoms with Gasteiger partial charge in [-0.05, 0) is 62.5 Å². The van der Waals surface area contributed by atoms with E-state index in [1.165, 1.54) is 37.9 Å². The molecule has 1 aliphatic carbocycles. The fourth-order valence-electron chi connectivity index (χ4n) is 2.93. The van der Waals surface area contributed by atoms with Crippen molar-refractivity contribution in [1.82, 2.24) is 10.2 Å². The minimum atomic E-state index is -0.299. The fourth-order valence-corrected chi connectivity index (χ4v) is 2.93. The van der Waals surface area contributed by atoms with Gasteiger partial charge in [-0.25, -0.2) is 4.39 Å². The van der Waals surface area contributed by atoms with Crippen LogP contribution < -0.4 is 10.6 Å². The van der Waals surface area contributed by atoms with Gasteiger partial charge in [0.2, 0.25) is 5.91 Å². The van der Waals surface area contributed by atoms with E-state index in [1.807, 2.05) is 0 Å². The van der Waals surface area contributed by atoms with E-state index >= 15 is 0 Å². The Morgan fingerprint density at radius 1 is 1.24 bits per heavy atom. The van der Waals surface area contributed by atoms with Gasteiger partial charge in [0.1, 0.15) is 5.82 Å². The summed E-state index contributed by atoms with van der Waals surface area (Å²) in [5.41, 5.74) is 0.629. The number of hydrogen-bond acceptors (Lipinski definition) is 3. The topological polar surface area (TPSA) is 44.4 Å². The molecule has 2 aliphatic rings. The highest BCUT2D eigenvalue weighted by atomic mass is 19.1. The first-order valence-corrected chi connectivity index (χ1v) is 7.71. The lowest BCUT2D eigenvalue weighted by atomic mass is 10.1. The predicted octanol–water partition coefficient (Wildman–Crippen LogP) is 1.84. The molecule has 1 unspecified atom stereocenters. The van der Waals surface area contributed by atoms with Crippen LogP contribution in [0.1, 0.15) is 19.3 Å². The third-order valence-electron chi connectivity index (χ3n) is 4.23. The summed E-state index contributed by atoms with van der Waals surface area (Å²) in [6, 6.07) is 6.66. The van der Waals surface area contributed by atoms with Gasteiger partial charge in [0.25, 0.3) is 0 Å². The Hall–Kier alpha value is -1.46. The Labute approximate surface area is 124 Å². The molecule has 0 bridgehead atoms. The zero-order valence-corrected chi connectivity index (χ0v) is 12.1. The third kappa shape index (κ3) is 4.25. The molecule has 1 atom stereocenters. The lowest BCUT2D eigenvalue weighted by molar-refractivity contribution is -0.115. The summed E-state index contributed by atoms with van der Waals surface area (Å²) in [6.45, 7) is 3.56. The zero-order chi connectivity index (χ0) is 14.7. The average Bonchev–Trinajstić information content (AvgIpc) is 3.22. The van der Waals surface area contributed by atoms with E-state index in [9.17, 15) is 9.18 Å². The summed E-state index contributed by atoms with van der Waals surface area (Å²) in [6.07, 6.45) is 3.95. The second-order valence-corrected chi connectivity index (χ2v) is 6.07. The van der Waals surface area contributed by atoms with Crippen LogP contribution in [0, 0.1) is 11.7 Å². The number of nitrogens with one attached hydrogen (secondary N) is 2. The SMILES string of the molecule is O=C(CNCC1CCN(C2CC2)C1)Nc1ccc(F)cc1. The van der Waals surface area contributed by atoms with Crippen molar-refractivity contribution in [2.45, 2.75) is 25.3 Å². The molecule has 1 aromatic rings. The second-order valence-electron chi connectivity index (χ2n) is 6.07. The van der Waals surface area contributed by atoms with E-state index in [1.54, 1.807) is 12.1 Å². The third-order valence-corrected chi connectivity index (χ3v) is 4.23. The van der Waals surface area contributed by atoms with Crippen molar-refractivity contribution in [3.63, 3.8) is 0 Å². The molecule has 1 saturated carbocycles. The fraction of sp³-hybridized carbons (Fsp3) is 0.562. The van der Waals surface area contributed by atoms with Gasteiger partial charge >= 0.3 is 0 Å². The number of benzene rings is 1. The molecule has 21 heavy (non-hydrogen) atoms. The van der Waals surface area contributed by atoms with Gasteiger partial charge in [0.15, 0.2) is 0 Å². The molecular formula is C16H22FN3O. The highest BCUT2D eigenvalue weighted by molar-refractivity contribution is 5.92. The molecule has 114 valence electrons. The van der Waals surface area contributed by atoms with E-state index in [-0.39, 0.29) is 11.7 Å². The van der Waals surface area contributed by atoms with E-state index in [4.69, 9.17) is 0 Å². The number of carbonyl (C=O) groups excluding carboxylic acids is 1. The van der Waals surface area contributed by atoms with Crippen LogP contribution in [-0.4, -0.2) is 43.0 Å². The summed E-state index contributed by atoms with van der Waals surface area (Å²) in [5, 5.41) is 5.98. The normalized spacial score (nSPS) is 22.4. The first kappa shape index (κ1) is 14.5. The molecule has 1 amide bonds. The van der Waals surface area contributed by atoms with E-state index in [0.29, 0.717) is 18.2 Å². The highest BCUT2D eigenvalue weighted by Crippen LogP contribution is 2.31. The number of amides is 1. The van der Waals surface area contributed by atoms with Crippen molar-refractivity contribution < 1.29 is 9.18 Å². The number of halogens is 1. The molecule has 0 radical (unpaired) electrons. The average molecular weight is 291 g/mol. The summed E-state index contributed by atoms with van der Waals surface area (Å²) >= 11 is 0. The standard InChI is InChI=1S/C16H22FN3O/c17-13-1-3-14(4-2-13)19-16(21)10-18-9-12-7-8-20(11-12)15-5-6-15/h1-4,12,15,18H,5-11H2,(H,19,21). The van der Waals surface area contributed by atoms with Crippen LogP contribution in [0.15, 0.2) is 24.3 Å². The van der Waals surface area contributed by atoms with Gasteiger partial charge < -0.3 is 15.5 Å². The largest absolute Gasteiger partial charge is 0.325 e. The van der Waals surface area contributed by atoms with Gasteiger partial charge in [0, 0.05) is 18.3 Å². The van der Waals surface area contributed by atoms with Crippen LogP contribution in [0.5, 0.6) is 0 Å². The Kier molecular flexibility index (Phi) is 4.51. The monoisotopic (exact) mass is 291 g/mol. The summed E-state index contributed by atoms with van der Waals surface area (Å²) in [7, 11) is 0. The number of rotatable bonds is 6. The number of carbonyl (C=O) groups is 1. The predicted molar refractivity (Wildman–Crippen MR) is 80.6 cm³/mol. The molecule has 2 N–H and O–H groups in total. The summed E-state index contributed by atoms with van der Waals surface area (Å²) in [4.78, 5) is 14.4. The van der Waals surface area contributed by atoms with Crippen LogP contribution in [0.25, 0.3) is 0 Å². The van der Waals surface area contributed by atoms with Crippen molar-refractivity contribution in [3.05, 3.63) is 30.1 Å². The lowest BCUT2D eigenvalue weighted by Gasteiger charge is -2.15. The molecule has 1 aliphatic heterocycles. The van der Waals surface area contributed by atoms with Gasteiger partial charge in [0.05, 0.1) is 6.54 Å². The minimum Gasteiger partial charge on any atom is -0.325 e. The maximum atomic E-state index is 12.8. The number of likely N-dealkylation sites (tertiary alicyclic amines) is 1. The molecular weight excluding hydrogens is 269 g/mol. The van der Waals surface area contributed by atoms with Gasteiger partial charge in [-0.15, -0.1) is 0 Å². The van der Waals surface area contributed by atoms with Crippen molar-refractivity contribution in [2.24, 2.45) is 5.92 Å². The minimum absolute atomic E-state index is 0.0846. The molecule has 4 nitrogen and oxygen atoms in total. The number of hydrogen-bond donors (Lipinski definition) is 2. The molecule has 0 spiro atoms. The van der Waals surface area contributed by atoms with Crippen molar-refractivity contribution in [3.8, 4) is 0 Å². The van der Waals surface area contributed by atoms with Crippen LogP contribution in [0.3, 0.4) is 0 Å². The Morgan fingerprint density at radius 3 is 2.71 bits per heavy atom. The molecule has 5 heteroatoms. The summed E-state index contributed by atoms with van der Waals surface area (Å²) in [5.74, 6) is 0.274. The van der Waals surface area contributed by atoms with Crippen LogP contribution in [0.2, 0.25) is 0 Å². The van der Waals surface area contributed by atoms with Crippen LogP contribution >= 0.6 is 0 Å². The van der Waals surface area contributed by atoms with Crippen molar-refractivity contribution in [1.29, 1.82) is 0 Å². The van der Waals surface area contributed by atoms with E-state index in [2.05, 4.69) is 15.5 Å². The quantitative estimate of drug-likeness (QED) is 0.840.